The summed E-state index contributed by atoms with van der Waals surface area (Å²) < 4.78 is 0. The molecule has 1 fully saturated rings. The standard InChI is InChI=1S/C12H24N2OS/c1-2-10(9-12(13)16)14-7-4-3-5-11(14)6-8-15/h10-11,15H,2-9H2,1H3,(H2,13,16). The number of aliphatic hydroxyl groups excluding tert-OH is 1. The van der Waals surface area contributed by atoms with Gasteiger partial charge in [-0.2, -0.15) is 0 Å². The second-order valence-corrected chi connectivity index (χ2v) is 5.16. The summed E-state index contributed by atoms with van der Waals surface area (Å²) in [4.78, 5) is 3.12. The molecule has 16 heavy (non-hydrogen) atoms. The Bertz CT molecular complexity index is 221. The van der Waals surface area contributed by atoms with Crippen molar-refractivity contribution in [3.8, 4) is 0 Å². The van der Waals surface area contributed by atoms with Crippen LogP contribution in [0.5, 0.6) is 0 Å². The van der Waals surface area contributed by atoms with Crippen molar-refractivity contribution < 1.29 is 5.11 Å². The average molecular weight is 244 g/mol. The van der Waals surface area contributed by atoms with Crippen LogP contribution in [0.25, 0.3) is 0 Å². The van der Waals surface area contributed by atoms with E-state index in [-0.39, 0.29) is 6.61 Å². The van der Waals surface area contributed by atoms with E-state index in [0.717, 1.165) is 25.8 Å². The Morgan fingerprint density at radius 1 is 1.56 bits per heavy atom. The van der Waals surface area contributed by atoms with Gasteiger partial charge in [-0.15, -0.1) is 0 Å². The molecule has 0 radical (unpaired) electrons. The Labute approximate surface area is 104 Å². The van der Waals surface area contributed by atoms with E-state index < -0.39 is 0 Å². The molecule has 0 aliphatic carbocycles. The van der Waals surface area contributed by atoms with Gasteiger partial charge in [0, 0.05) is 25.1 Å². The zero-order valence-corrected chi connectivity index (χ0v) is 11.0. The molecule has 0 aromatic rings. The number of nitrogens with two attached hydrogens (primary N) is 1. The lowest BCUT2D eigenvalue weighted by atomic mass is 9.95. The molecular formula is C12H24N2OS. The molecule has 1 aliphatic rings. The smallest absolute Gasteiger partial charge is 0.0743 e. The number of hydrogen-bond acceptors (Lipinski definition) is 3. The highest BCUT2D eigenvalue weighted by atomic mass is 32.1. The fourth-order valence-corrected chi connectivity index (χ4v) is 2.88. The molecule has 1 saturated heterocycles. The Kier molecular flexibility index (Phi) is 6.24. The van der Waals surface area contributed by atoms with Crippen molar-refractivity contribution in [1.82, 2.24) is 4.90 Å². The molecule has 1 rings (SSSR count). The lowest BCUT2D eigenvalue weighted by Crippen LogP contribution is -2.47. The normalized spacial score (nSPS) is 24.2. The molecule has 3 nitrogen and oxygen atoms in total. The van der Waals surface area contributed by atoms with Gasteiger partial charge in [0.15, 0.2) is 0 Å². The number of piperidine rings is 1. The number of hydrogen-bond donors (Lipinski definition) is 2. The first kappa shape index (κ1) is 13.9. The minimum Gasteiger partial charge on any atom is -0.396 e. The fourth-order valence-electron chi connectivity index (χ4n) is 2.69. The predicted octanol–water partition coefficient (Wildman–Crippen LogP) is 1.68. The van der Waals surface area contributed by atoms with Crippen molar-refractivity contribution in [2.75, 3.05) is 13.2 Å². The van der Waals surface area contributed by atoms with Crippen LogP contribution in [0.1, 0.15) is 45.4 Å². The summed E-state index contributed by atoms with van der Waals surface area (Å²) in [5.41, 5.74) is 5.65. The second kappa shape index (κ2) is 7.20. The molecule has 94 valence electrons. The largest absolute Gasteiger partial charge is 0.396 e. The SMILES string of the molecule is CCC(CC(N)=S)N1CCCCC1CCO. The minimum atomic E-state index is 0.282. The lowest BCUT2D eigenvalue weighted by Gasteiger charge is -2.41. The van der Waals surface area contributed by atoms with Crippen LogP contribution < -0.4 is 5.73 Å². The molecule has 3 N–H and O–H groups in total. The van der Waals surface area contributed by atoms with Gasteiger partial charge in [0.1, 0.15) is 0 Å². The molecule has 0 amide bonds. The van der Waals surface area contributed by atoms with E-state index in [1.807, 2.05) is 0 Å². The average Bonchev–Trinajstić information content (AvgIpc) is 2.27. The quantitative estimate of drug-likeness (QED) is 0.698. The van der Waals surface area contributed by atoms with E-state index in [4.69, 9.17) is 23.1 Å². The number of rotatable bonds is 6. The van der Waals surface area contributed by atoms with Crippen molar-refractivity contribution in [1.29, 1.82) is 0 Å². The zero-order valence-electron chi connectivity index (χ0n) is 10.2. The molecule has 1 heterocycles. The summed E-state index contributed by atoms with van der Waals surface area (Å²) in [7, 11) is 0. The van der Waals surface area contributed by atoms with Crippen LogP contribution in [0.4, 0.5) is 0 Å². The zero-order chi connectivity index (χ0) is 12.0. The Balaban J connectivity index is 2.59. The Morgan fingerprint density at radius 2 is 2.31 bits per heavy atom. The van der Waals surface area contributed by atoms with E-state index >= 15 is 0 Å². The van der Waals surface area contributed by atoms with Crippen molar-refractivity contribution in [2.24, 2.45) is 5.73 Å². The van der Waals surface area contributed by atoms with E-state index in [1.54, 1.807) is 0 Å². The highest BCUT2D eigenvalue weighted by Crippen LogP contribution is 2.24. The molecule has 0 aromatic carbocycles. The van der Waals surface area contributed by atoms with Crippen molar-refractivity contribution >= 4 is 17.2 Å². The van der Waals surface area contributed by atoms with Crippen LogP contribution >= 0.6 is 12.2 Å². The summed E-state index contributed by atoms with van der Waals surface area (Å²) in [6, 6.07) is 0.993. The summed E-state index contributed by atoms with van der Waals surface area (Å²) in [5.74, 6) is 0. The van der Waals surface area contributed by atoms with Crippen molar-refractivity contribution in [2.45, 2.75) is 57.5 Å². The maximum atomic E-state index is 9.10. The molecule has 4 heteroatoms. The first-order chi connectivity index (χ1) is 7.69. The van der Waals surface area contributed by atoms with Gasteiger partial charge >= 0.3 is 0 Å². The topological polar surface area (TPSA) is 49.5 Å². The van der Waals surface area contributed by atoms with Crippen LogP contribution in [0.15, 0.2) is 0 Å². The van der Waals surface area contributed by atoms with Gasteiger partial charge in [-0.3, -0.25) is 4.90 Å². The van der Waals surface area contributed by atoms with Gasteiger partial charge in [-0.25, -0.2) is 0 Å². The third kappa shape index (κ3) is 4.00. The summed E-state index contributed by atoms with van der Waals surface area (Å²) in [6.45, 7) is 3.60. The first-order valence-corrected chi connectivity index (χ1v) is 6.74. The molecule has 2 unspecified atom stereocenters. The molecule has 0 spiro atoms. The van der Waals surface area contributed by atoms with Crippen molar-refractivity contribution in [3.63, 3.8) is 0 Å². The third-order valence-corrected chi connectivity index (χ3v) is 3.68. The molecule has 1 aliphatic heterocycles. The maximum absolute atomic E-state index is 9.10. The summed E-state index contributed by atoms with van der Waals surface area (Å²) in [6.07, 6.45) is 6.52. The molecule has 2 atom stereocenters. The van der Waals surface area contributed by atoms with Crippen LogP contribution in [-0.4, -0.2) is 40.2 Å². The molecule has 0 bridgehead atoms. The van der Waals surface area contributed by atoms with Gasteiger partial charge < -0.3 is 10.8 Å². The Morgan fingerprint density at radius 3 is 2.88 bits per heavy atom. The van der Waals surface area contributed by atoms with Gasteiger partial charge in [-0.05, 0) is 32.2 Å². The number of likely N-dealkylation sites (tertiary alicyclic amines) is 1. The van der Waals surface area contributed by atoms with Crippen molar-refractivity contribution in [3.05, 3.63) is 0 Å². The lowest BCUT2D eigenvalue weighted by molar-refractivity contribution is 0.0763. The second-order valence-electron chi connectivity index (χ2n) is 4.63. The van der Waals surface area contributed by atoms with E-state index in [0.29, 0.717) is 17.1 Å². The highest BCUT2D eigenvalue weighted by molar-refractivity contribution is 7.80. The van der Waals surface area contributed by atoms with E-state index in [2.05, 4.69) is 11.8 Å². The predicted molar refractivity (Wildman–Crippen MR) is 71.5 cm³/mol. The number of nitrogens with zero attached hydrogens (tertiary/aromatic N) is 1. The highest BCUT2D eigenvalue weighted by Gasteiger charge is 2.27. The molecular weight excluding hydrogens is 220 g/mol. The maximum Gasteiger partial charge on any atom is 0.0743 e. The van der Waals surface area contributed by atoms with Gasteiger partial charge in [0.25, 0.3) is 0 Å². The summed E-state index contributed by atoms with van der Waals surface area (Å²) in [5, 5.41) is 9.10. The van der Waals surface area contributed by atoms with E-state index in [1.165, 1.54) is 19.3 Å². The first-order valence-electron chi connectivity index (χ1n) is 6.34. The van der Waals surface area contributed by atoms with Crippen LogP contribution in [0.3, 0.4) is 0 Å². The van der Waals surface area contributed by atoms with Gasteiger partial charge in [0.2, 0.25) is 0 Å². The number of aliphatic hydroxyl groups is 1. The van der Waals surface area contributed by atoms with Gasteiger partial charge in [-0.1, -0.05) is 25.6 Å². The van der Waals surface area contributed by atoms with Crippen LogP contribution in [0, 0.1) is 0 Å². The molecule has 0 saturated carbocycles. The summed E-state index contributed by atoms with van der Waals surface area (Å²) >= 11 is 5.01. The fraction of sp³-hybridized carbons (Fsp3) is 0.917. The minimum absolute atomic E-state index is 0.282. The number of thiocarbonyl (C=S) groups is 1. The van der Waals surface area contributed by atoms with Gasteiger partial charge in [0.05, 0.1) is 4.99 Å². The van der Waals surface area contributed by atoms with Crippen LogP contribution in [0.2, 0.25) is 0 Å². The monoisotopic (exact) mass is 244 g/mol. The van der Waals surface area contributed by atoms with E-state index in [9.17, 15) is 0 Å². The third-order valence-electron chi connectivity index (χ3n) is 3.51. The van der Waals surface area contributed by atoms with Crippen LogP contribution in [-0.2, 0) is 0 Å². The Hall–Kier alpha value is -0.190. The molecule has 0 aromatic heterocycles.